The lowest BCUT2D eigenvalue weighted by molar-refractivity contribution is 0.416. The van der Waals surface area contributed by atoms with Crippen molar-refractivity contribution in [2.45, 2.75) is 26.7 Å². The van der Waals surface area contributed by atoms with Gasteiger partial charge in [-0.15, -0.1) is 0 Å². The molecule has 0 aliphatic carbocycles. The van der Waals surface area contributed by atoms with E-state index in [1.54, 1.807) is 7.11 Å². The van der Waals surface area contributed by atoms with Crippen LogP contribution in [0.4, 0.5) is 11.5 Å². The molecule has 0 saturated carbocycles. The summed E-state index contributed by atoms with van der Waals surface area (Å²) in [5, 5.41) is 4.43. The van der Waals surface area contributed by atoms with Gasteiger partial charge in [0, 0.05) is 11.3 Å². The van der Waals surface area contributed by atoms with E-state index in [1.165, 1.54) is 0 Å². The van der Waals surface area contributed by atoms with Crippen molar-refractivity contribution < 1.29 is 4.74 Å². The average Bonchev–Trinajstić information content (AvgIpc) is 2.55. The number of rotatable bonds is 4. The van der Waals surface area contributed by atoms with Crippen molar-refractivity contribution >= 4 is 22.4 Å². The van der Waals surface area contributed by atoms with Crippen molar-refractivity contribution in [3.8, 4) is 5.75 Å². The molecule has 0 saturated heterocycles. The van der Waals surface area contributed by atoms with Gasteiger partial charge in [-0.1, -0.05) is 32.0 Å². The van der Waals surface area contributed by atoms with Crippen molar-refractivity contribution in [3.05, 3.63) is 53.9 Å². The highest BCUT2D eigenvalue weighted by atomic mass is 16.5. The van der Waals surface area contributed by atoms with Gasteiger partial charge >= 0.3 is 0 Å². The van der Waals surface area contributed by atoms with E-state index in [1.807, 2.05) is 36.4 Å². The van der Waals surface area contributed by atoms with E-state index in [4.69, 9.17) is 9.72 Å². The standard InChI is InChI=1S/C19H21N3O/c1-12(2)18-20-15-8-6-5-7-14(15)19(22-18)21-16-11-13(3)9-10-17(16)23-4/h5-12H,1-4H3,(H,20,21,22). The lowest BCUT2D eigenvalue weighted by Gasteiger charge is -2.15. The summed E-state index contributed by atoms with van der Waals surface area (Å²) in [5.41, 5.74) is 3.02. The summed E-state index contributed by atoms with van der Waals surface area (Å²) in [7, 11) is 1.67. The van der Waals surface area contributed by atoms with Gasteiger partial charge in [-0.05, 0) is 36.8 Å². The van der Waals surface area contributed by atoms with Gasteiger partial charge in [0.05, 0.1) is 18.3 Å². The Labute approximate surface area is 136 Å². The van der Waals surface area contributed by atoms with Crippen LogP contribution in [0.1, 0.15) is 31.2 Å². The van der Waals surface area contributed by atoms with E-state index in [-0.39, 0.29) is 5.92 Å². The molecule has 0 radical (unpaired) electrons. The second-order valence-electron chi connectivity index (χ2n) is 5.93. The molecule has 0 bridgehead atoms. The highest BCUT2D eigenvalue weighted by molar-refractivity contribution is 5.91. The summed E-state index contributed by atoms with van der Waals surface area (Å²) in [6.07, 6.45) is 0. The third kappa shape index (κ3) is 3.11. The quantitative estimate of drug-likeness (QED) is 0.751. The van der Waals surface area contributed by atoms with E-state index >= 15 is 0 Å². The SMILES string of the molecule is COc1ccc(C)cc1Nc1nc(C(C)C)nc2ccccc12. The molecule has 4 nitrogen and oxygen atoms in total. The van der Waals surface area contributed by atoms with Gasteiger partial charge in [0.2, 0.25) is 0 Å². The topological polar surface area (TPSA) is 47.0 Å². The molecule has 0 spiro atoms. The van der Waals surface area contributed by atoms with Gasteiger partial charge in [0.15, 0.2) is 0 Å². The molecule has 1 N–H and O–H groups in total. The number of aryl methyl sites for hydroxylation is 1. The van der Waals surface area contributed by atoms with Crippen molar-refractivity contribution in [1.29, 1.82) is 0 Å². The molecule has 23 heavy (non-hydrogen) atoms. The lowest BCUT2D eigenvalue weighted by atomic mass is 10.1. The number of fused-ring (bicyclic) bond motifs is 1. The molecule has 4 heteroatoms. The Hall–Kier alpha value is -2.62. The Bertz CT molecular complexity index is 843. The number of aromatic nitrogens is 2. The molecular formula is C19H21N3O. The monoisotopic (exact) mass is 307 g/mol. The molecule has 0 amide bonds. The van der Waals surface area contributed by atoms with Gasteiger partial charge in [-0.3, -0.25) is 0 Å². The molecule has 118 valence electrons. The number of nitrogens with one attached hydrogen (secondary N) is 1. The molecule has 0 unspecified atom stereocenters. The van der Waals surface area contributed by atoms with Crippen LogP contribution in [0.5, 0.6) is 5.75 Å². The largest absolute Gasteiger partial charge is 0.495 e. The first-order valence-corrected chi connectivity index (χ1v) is 7.77. The number of methoxy groups -OCH3 is 1. The molecule has 0 aliphatic rings. The second-order valence-corrected chi connectivity index (χ2v) is 5.93. The average molecular weight is 307 g/mol. The summed E-state index contributed by atoms with van der Waals surface area (Å²) in [5.74, 6) is 2.70. The summed E-state index contributed by atoms with van der Waals surface area (Å²) in [6, 6.07) is 14.1. The Morgan fingerprint density at radius 1 is 1.04 bits per heavy atom. The molecule has 0 aliphatic heterocycles. The fraction of sp³-hybridized carbons (Fsp3) is 0.263. The van der Waals surface area contributed by atoms with Gasteiger partial charge in [0.1, 0.15) is 17.4 Å². The molecular weight excluding hydrogens is 286 g/mol. The Balaban J connectivity index is 2.14. The molecule has 3 rings (SSSR count). The minimum Gasteiger partial charge on any atom is -0.495 e. The van der Waals surface area contributed by atoms with Crippen LogP contribution >= 0.6 is 0 Å². The van der Waals surface area contributed by atoms with Crippen molar-refractivity contribution in [2.24, 2.45) is 0 Å². The second kappa shape index (κ2) is 6.24. The van der Waals surface area contributed by atoms with Crippen molar-refractivity contribution in [1.82, 2.24) is 9.97 Å². The summed E-state index contributed by atoms with van der Waals surface area (Å²) < 4.78 is 5.46. The van der Waals surface area contributed by atoms with E-state index in [2.05, 4.69) is 37.1 Å². The Kier molecular flexibility index (Phi) is 4.15. The van der Waals surface area contributed by atoms with Crippen LogP contribution in [0.3, 0.4) is 0 Å². The molecule has 2 aromatic carbocycles. The first-order valence-electron chi connectivity index (χ1n) is 7.77. The molecule has 1 heterocycles. The van der Waals surface area contributed by atoms with Gasteiger partial charge in [0.25, 0.3) is 0 Å². The van der Waals surface area contributed by atoms with E-state index in [9.17, 15) is 0 Å². The summed E-state index contributed by atoms with van der Waals surface area (Å²) in [4.78, 5) is 9.38. The first kappa shape index (κ1) is 15.3. The zero-order chi connectivity index (χ0) is 16.4. The van der Waals surface area contributed by atoms with E-state index < -0.39 is 0 Å². The Morgan fingerprint density at radius 2 is 1.83 bits per heavy atom. The van der Waals surface area contributed by atoms with E-state index in [0.29, 0.717) is 0 Å². The number of hydrogen-bond donors (Lipinski definition) is 1. The molecule has 1 aromatic heterocycles. The van der Waals surface area contributed by atoms with Crippen LogP contribution in [-0.4, -0.2) is 17.1 Å². The fourth-order valence-corrected chi connectivity index (χ4v) is 2.50. The maximum absolute atomic E-state index is 5.46. The summed E-state index contributed by atoms with van der Waals surface area (Å²) >= 11 is 0. The third-order valence-corrected chi connectivity index (χ3v) is 3.74. The highest BCUT2D eigenvalue weighted by Gasteiger charge is 2.12. The third-order valence-electron chi connectivity index (χ3n) is 3.74. The normalized spacial score (nSPS) is 11.0. The predicted octanol–water partition coefficient (Wildman–Crippen LogP) is 4.81. The van der Waals surface area contributed by atoms with Crippen molar-refractivity contribution in [2.75, 3.05) is 12.4 Å². The smallest absolute Gasteiger partial charge is 0.142 e. The van der Waals surface area contributed by atoms with Crippen LogP contribution in [0.25, 0.3) is 10.9 Å². The Morgan fingerprint density at radius 3 is 2.57 bits per heavy atom. The van der Waals surface area contributed by atoms with Crippen molar-refractivity contribution in [3.63, 3.8) is 0 Å². The molecule has 3 aromatic rings. The van der Waals surface area contributed by atoms with Crippen LogP contribution in [0.15, 0.2) is 42.5 Å². The fourth-order valence-electron chi connectivity index (χ4n) is 2.50. The van der Waals surface area contributed by atoms with Gasteiger partial charge < -0.3 is 10.1 Å². The number of ether oxygens (including phenoxy) is 1. The lowest BCUT2D eigenvalue weighted by Crippen LogP contribution is -2.04. The number of hydrogen-bond acceptors (Lipinski definition) is 4. The molecule has 0 atom stereocenters. The number of para-hydroxylation sites is 1. The first-order chi connectivity index (χ1) is 11.1. The highest BCUT2D eigenvalue weighted by Crippen LogP contribution is 2.31. The molecule has 0 fully saturated rings. The van der Waals surface area contributed by atoms with Crippen LogP contribution in [-0.2, 0) is 0 Å². The zero-order valence-corrected chi connectivity index (χ0v) is 13.9. The minimum absolute atomic E-state index is 0.263. The maximum atomic E-state index is 5.46. The zero-order valence-electron chi connectivity index (χ0n) is 13.9. The van der Waals surface area contributed by atoms with Gasteiger partial charge in [-0.25, -0.2) is 9.97 Å². The van der Waals surface area contributed by atoms with Crippen LogP contribution in [0.2, 0.25) is 0 Å². The van der Waals surface area contributed by atoms with Crippen LogP contribution < -0.4 is 10.1 Å². The predicted molar refractivity (Wildman–Crippen MR) is 94.6 cm³/mol. The summed E-state index contributed by atoms with van der Waals surface area (Å²) in [6.45, 7) is 6.25. The van der Waals surface area contributed by atoms with E-state index in [0.717, 1.165) is 39.5 Å². The van der Waals surface area contributed by atoms with Gasteiger partial charge in [-0.2, -0.15) is 0 Å². The number of benzene rings is 2. The number of anilines is 2. The number of nitrogens with zero attached hydrogens (tertiary/aromatic N) is 2. The minimum atomic E-state index is 0.263. The van der Waals surface area contributed by atoms with Crippen LogP contribution in [0, 0.1) is 6.92 Å². The maximum Gasteiger partial charge on any atom is 0.142 e.